The van der Waals surface area contributed by atoms with E-state index in [-0.39, 0.29) is 51.1 Å². The quantitative estimate of drug-likeness (QED) is 0.269. The molecule has 1 saturated heterocycles. The number of esters is 1. The lowest BCUT2D eigenvalue weighted by Crippen LogP contribution is -2.67. The van der Waals surface area contributed by atoms with Gasteiger partial charge in [-0.2, -0.15) is 0 Å². The number of likely N-dealkylation sites (tertiary alicyclic amines) is 1. The van der Waals surface area contributed by atoms with Gasteiger partial charge in [-0.3, -0.25) is 14.4 Å². The number of aliphatic carboxylic acids is 1. The third-order valence-corrected chi connectivity index (χ3v) is 21.4. The van der Waals surface area contributed by atoms with E-state index in [9.17, 15) is 14.7 Å². The van der Waals surface area contributed by atoms with Crippen LogP contribution in [-0.4, -0.2) is 50.5 Å². The second-order valence-corrected chi connectivity index (χ2v) is 24.1. The Balaban J connectivity index is 0.915. The molecule has 8 nitrogen and oxygen atoms in total. The lowest BCUT2D eigenvalue weighted by atomic mass is 9.32. The molecule has 0 bridgehead atoms. The molecule has 2 aromatic rings. The molecule has 2 heterocycles. The Labute approximate surface area is 359 Å². The highest BCUT2D eigenvalue weighted by Gasteiger charge is 2.74. The van der Waals surface area contributed by atoms with Gasteiger partial charge in [0.1, 0.15) is 11.9 Å². The van der Waals surface area contributed by atoms with Crippen LogP contribution >= 0.6 is 0 Å². The second kappa shape index (κ2) is 13.4. The summed E-state index contributed by atoms with van der Waals surface area (Å²) in [7, 11) is 0. The van der Waals surface area contributed by atoms with Crippen molar-refractivity contribution in [2.45, 2.75) is 164 Å². The fraction of sp³-hybridized carbons (Fsp3) is 0.769. The molecule has 8 fully saturated rings. The van der Waals surface area contributed by atoms with Gasteiger partial charge in [-0.15, -0.1) is 0 Å². The first-order valence-electron chi connectivity index (χ1n) is 24.2. The number of nitrogens with zero attached hydrogens (tertiary/aromatic N) is 2. The van der Waals surface area contributed by atoms with E-state index in [2.05, 4.69) is 75.7 Å². The van der Waals surface area contributed by atoms with E-state index >= 15 is 4.79 Å². The molecule has 8 heteroatoms. The van der Waals surface area contributed by atoms with Gasteiger partial charge in [-0.1, -0.05) is 85.7 Å². The van der Waals surface area contributed by atoms with Crippen LogP contribution < -0.4 is 0 Å². The topological polar surface area (TPSA) is 113 Å². The summed E-state index contributed by atoms with van der Waals surface area (Å²) in [6.07, 6.45) is 17.9. The molecular formula is C52H73N3O5. The Morgan fingerprint density at radius 1 is 0.750 bits per heavy atom. The fourth-order valence-electron chi connectivity index (χ4n) is 17.3. The molecule has 7 aliphatic carbocycles. The Bertz CT molecular complexity index is 2050. The fourth-order valence-corrected chi connectivity index (χ4v) is 17.3. The monoisotopic (exact) mass is 820 g/mol. The number of fused-ring (bicyclic) bond motifs is 7. The van der Waals surface area contributed by atoms with Crippen molar-refractivity contribution >= 4 is 17.8 Å². The Hall–Kier alpha value is -3.16. The van der Waals surface area contributed by atoms with Gasteiger partial charge in [0, 0.05) is 12.0 Å². The van der Waals surface area contributed by atoms with E-state index in [1.807, 2.05) is 26.1 Å². The summed E-state index contributed by atoms with van der Waals surface area (Å²) in [6, 6.07) is 10.4. The maximum atomic E-state index is 15.7. The van der Waals surface area contributed by atoms with Crippen LogP contribution in [0.5, 0.6) is 0 Å². The third kappa shape index (κ3) is 5.51. The predicted molar refractivity (Wildman–Crippen MR) is 232 cm³/mol. The van der Waals surface area contributed by atoms with E-state index in [0.29, 0.717) is 47.3 Å². The highest BCUT2D eigenvalue weighted by Crippen LogP contribution is 2.79. The molecule has 1 aliphatic heterocycles. The smallest absolute Gasteiger partial charge is 0.309 e. The molecule has 2 N–H and O–H groups in total. The maximum Gasteiger partial charge on any atom is 0.309 e. The zero-order valence-electron chi connectivity index (χ0n) is 37.9. The van der Waals surface area contributed by atoms with Crippen LogP contribution in [0.15, 0.2) is 36.5 Å². The number of aromatic nitrogens is 2. The van der Waals surface area contributed by atoms with E-state index in [1.54, 1.807) is 0 Å². The largest absolute Gasteiger partial charge is 0.481 e. The summed E-state index contributed by atoms with van der Waals surface area (Å²) in [4.78, 5) is 52.2. The van der Waals surface area contributed by atoms with Gasteiger partial charge < -0.3 is 19.7 Å². The molecule has 8 aliphatic rings. The van der Waals surface area contributed by atoms with Gasteiger partial charge in [0.2, 0.25) is 5.91 Å². The van der Waals surface area contributed by atoms with Gasteiger partial charge in [-0.05, 0) is 159 Å². The number of carboxylic acids is 1. The van der Waals surface area contributed by atoms with Gasteiger partial charge in [0.15, 0.2) is 0 Å². The summed E-state index contributed by atoms with van der Waals surface area (Å²) >= 11 is 0. The average Bonchev–Trinajstić information content (AvgIpc) is 3.59. The van der Waals surface area contributed by atoms with Crippen molar-refractivity contribution in [3.63, 3.8) is 0 Å². The molecule has 7 saturated carbocycles. The van der Waals surface area contributed by atoms with Gasteiger partial charge in [0.05, 0.1) is 35.2 Å². The van der Waals surface area contributed by atoms with E-state index in [4.69, 9.17) is 9.72 Å². The molecule has 1 aromatic carbocycles. The average molecular weight is 820 g/mol. The molecule has 60 heavy (non-hydrogen) atoms. The minimum atomic E-state index is -0.810. The number of nitrogens with one attached hydrogen (secondary N) is 1. The minimum absolute atomic E-state index is 0.0111. The number of carbonyl (C=O) groups excluding carboxylic acids is 2. The number of imidazole rings is 1. The van der Waals surface area contributed by atoms with Crippen molar-refractivity contribution in [2.24, 2.45) is 79.3 Å². The van der Waals surface area contributed by atoms with Gasteiger partial charge in [0.25, 0.3) is 0 Å². The van der Waals surface area contributed by atoms with E-state index in [0.717, 1.165) is 75.0 Å². The van der Waals surface area contributed by atoms with Crippen LogP contribution in [0.3, 0.4) is 0 Å². The highest BCUT2D eigenvalue weighted by atomic mass is 16.5. The van der Waals surface area contributed by atoms with Crippen molar-refractivity contribution in [1.82, 2.24) is 14.9 Å². The molecular weight excluding hydrogens is 747 g/mol. The number of benzene rings is 1. The Kier molecular flexibility index (Phi) is 9.15. The van der Waals surface area contributed by atoms with Crippen LogP contribution in [0.4, 0.5) is 0 Å². The lowest BCUT2D eigenvalue weighted by molar-refractivity contribution is -0.253. The van der Waals surface area contributed by atoms with Crippen molar-refractivity contribution < 1.29 is 24.2 Å². The molecule has 326 valence electrons. The van der Waals surface area contributed by atoms with E-state index in [1.165, 1.54) is 38.5 Å². The van der Waals surface area contributed by atoms with Crippen molar-refractivity contribution in [3.8, 4) is 11.3 Å². The van der Waals surface area contributed by atoms with Crippen molar-refractivity contribution in [2.75, 3.05) is 6.54 Å². The molecule has 13 atom stereocenters. The molecule has 1 amide bonds. The SMILES string of the molecule is CC1(C)C(C(=O)O)CC1C(=O)O[C@H]1CC[C@]2(C)[C@H]3CC[C@@H]4[C@H]5[C@H](C6(C)CC6)CC[C@]5(C(=O)N5CCCC5c5ncc(-c6ccccc6)[nH]5)CC[C@@]4(C)[C@]3(C)CC[C@H]2C1(C)C. The van der Waals surface area contributed by atoms with Crippen molar-refractivity contribution in [3.05, 3.63) is 42.4 Å². The number of carboxylic acid groups (broad SMARTS) is 1. The zero-order valence-corrected chi connectivity index (χ0v) is 37.9. The molecule has 1 aromatic heterocycles. The van der Waals surface area contributed by atoms with Crippen LogP contribution in [-0.2, 0) is 19.1 Å². The first kappa shape index (κ1) is 40.9. The highest BCUT2D eigenvalue weighted by molar-refractivity contribution is 5.85. The summed E-state index contributed by atoms with van der Waals surface area (Å²) in [5.74, 6) is 2.16. The first-order valence-corrected chi connectivity index (χ1v) is 24.2. The number of amides is 1. The van der Waals surface area contributed by atoms with E-state index < -0.39 is 17.3 Å². The first-order chi connectivity index (χ1) is 28.3. The van der Waals surface area contributed by atoms with Crippen molar-refractivity contribution in [1.29, 1.82) is 0 Å². The summed E-state index contributed by atoms with van der Waals surface area (Å²) in [5.41, 5.74) is 1.95. The number of rotatable bonds is 7. The second-order valence-electron chi connectivity index (χ2n) is 24.1. The van der Waals surface area contributed by atoms with Crippen LogP contribution in [0.1, 0.15) is 164 Å². The number of hydrogen-bond acceptors (Lipinski definition) is 5. The zero-order chi connectivity index (χ0) is 42.4. The minimum Gasteiger partial charge on any atom is -0.481 e. The molecule has 10 rings (SSSR count). The predicted octanol–water partition coefficient (Wildman–Crippen LogP) is 11.3. The third-order valence-electron chi connectivity index (χ3n) is 21.4. The Morgan fingerprint density at radius 3 is 2.20 bits per heavy atom. The summed E-state index contributed by atoms with van der Waals surface area (Å²) in [5, 5.41) is 9.72. The van der Waals surface area contributed by atoms with Crippen LogP contribution in [0.2, 0.25) is 0 Å². The number of carbonyl (C=O) groups is 3. The number of ether oxygens (including phenoxy) is 1. The number of hydrogen-bond donors (Lipinski definition) is 2. The van der Waals surface area contributed by atoms with Crippen LogP contribution in [0.25, 0.3) is 11.3 Å². The van der Waals surface area contributed by atoms with Gasteiger partial charge in [-0.25, -0.2) is 4.98 Å². The molecule has 0 spiro atoms. The Morgan fingerprint density at radius 2 is 1.50 bits per heavy atom. The number of aromatic amines is 1. The van der Waals surface area contributed by atoms with Gasteiger partial charge >= 0.3 is 11.9 Å². The summed E-state index contributed by atoms with van der Waals surface area (Å²) < 4.78 is 6.49. The summed E-state index contributed by atoms with van der Waals surface area (Å²) in [6.45, 7) is 20.0. The van der Waals surface area contributed by atoms with Crippen LogP contribution in [0, 0.1) is 79.3 Å². The molecule has 0 radical (unpaired) electrons. The number of H-pyrrole nitrogens is 1. The lowest BCUT2D eigenvalue weighted by Gasteiger charge is -2.73. The standard InChI is InChI=1S/C52H73N3O5/c1-46(2)34(43(56)57)29-35(46)44(58)60-40-20-21-49(6)38(47(40,3)4)19-22-51(8)39(49)17-16-33-41-32(48(5)24-25-48)18-23-52(41,27-26-50(33,51)7)45(59)55-28-12-15-37(55)42-53-30-36(54-42)31-13-10-9-11-14-31/h9-11,13-14,30,32-35,37-41H,12,15-29H2,1-8H3,(H,53,54)(H,56,57)/t32-,33-,34?,35?,37?,38+,39-,40+,41-,49+,50-,51-,52+/m1/s1. The normalized spacial score (nSPS) is 44.3. The molecule has 3 unspecified atom stereocenters. The maximum absolute atomic E-state index is 15.7.